The lowest BCUT2D eigenvalue weighted by atomic mass is 10.2. The van der Waals surface area contributed by atoms with E-state index in [0.29, 0.717) is 12.2 Å². The summed E-state index contributed by atoms with van der Waals surface area (Å²) in [5.74, 6) is -1.35. The van der Waals surface area contributed by atoms with Gasteiger partial charge in [0.15, 0.2) is 0 Å². The van der Waals surface area contributed by atoms with E-state index in [1.54, 1.807) is 0 Å². The van der Waals surface area contributed by atoms with Crippen molar-refractivity contribution in [3.05, 3.63) is 46.1 Å². The molecule has 0 saturated heterocycles. The third-order valence-electron chi connectivity index (χ3n) is 2.71. The highest BCUT2D eigenvalue weighted by Gasteiger charge is 2.52. The van der Waals surface area contributed by atoms with E-state index in [4.69, 9.17) is 4.74 Å². The first-order chi connectivity index (χ1) is 9.49. The van der Waals surface area contributed by atoms with Gasteiger partial charge in [-0.05, 0) is 37.4 Å². The number of esters is 2. The normalized spacial score (nSPS) is 21.6. The molecule has 5 nitrogen and oxygen atoms in total. The number of rotatable bonds is 4. The SMILES string of the molecule is COC(=O)C1(Br)OC(=O)C(Br)=C1NCc1ccccc1. The molecule has 20 heavy (non-hydrogen) atoms. The second-order valence-corrected chi connectivity index (χ2v) is 5.91. The maximum Gasteiger partial charge on any atom is 0.368 e. The van der Waals surface area contributed by atoms with Crippen molar-refractivity contribution in [1.82, 2.24) is 5.32 Å². The lowest BCUT2D eigenvalue weighted by Gasteiger charge is -2.22. The van der Waals surface area contributed by atoms with Crippen LogP contribution in [0.3, 0.4) is 0 Å². The quantitative estimate of drug-likeness (QED) is 0.615. The van der Waals surface area contributed by atoms with Gasteiger partial charge in [0, 0.05) is 6.54 Å². The van der Waals surface area contributed by atoms with Gasteiger partial charge in [-0.3, -0.25) is 0 Å². The minimum atomic E-state index is -1.63. The number of carbonyl (C=O) groups excluding carboxylic acids is 2. The Morgan fingerprint density at radius 3 is 2.65 bits per heavy atom. The van der Waals surface area contributed by atoms with Crippen molar-refractivity contribution in [2.24, 2.45) is 0 Å². The van der Waals surface area contributed by atoms with Crippen molar-refractivity contribution >= 4 is 43.8 Å². The molecule has 1 atom stereocenters. The lowest BCUT2D eigenvalue weighted by Crippen LogP contribution is -2.40. The first-order valence-electron chi connectivity index (χ1n) is 5.67. The molecule has 0 radical (unpaired) electrons. The summed E-state index contributed by atoms with van der Waals surface area (Å²) >= 11 is 6.25. The van der Waals surface area contributed by atoms with E-state index in [1.807, 2.05) is 30.3 Å². The Morgan fingerprint density at radius 2 is 2.05 bits per heavy atom. The summed E-state index contributed by atoms with van der Waals surface area (Å²) < 4.78 is 8.22. The maximum atomic E-state index is 11.8. The number of hydrogen-bond donors (Lipinski definition) is 1. The molecule has 1 aromatic rings. The molecule has 0 amide bonds. The van der Waals surface area contributed by atoms with Gasteiger partial charge >= 0.3 is 16.4 Å². The minimum absolute atomic E-state index is 0.163. The first kappa shape index (κ1) is 15.1. The fourth-order valence-corrected chi connectivity index (χ4v) is 3.13. The van der Waals surface area contributed by atoms with Crippen LogP contribution in [0.2, 0.25) is 0 Å². The molecule has 2 rings (SSSR count). The first-order valence-corrected chi connectivity index (χ1v) is 7.26. The van der Waals surface area contributed by atoms with Crippen molar-refractivity contribution < 1.29 is 19.1 Å². The van der Waals surface area contributed by atoms with Crippen LogP contribution >= 0.6 is 31.9 Å². The van der Waals surface area contributed by atoms with Crippen LogP contribution < -0.4 is 5.32 Å². The Kier molecular flexibility index (Phi) is 4.49. The van der Waals surface area contributed by atoms with E-state index in [0.717, 1.165) is 5.56 Å². The van der Waals surface area contributed by atoms with Crippen LogP contribution in [0.25, 0.3) is 0 Å². The van der Waals surface area contributed by atoms with Gasteiger partial charge in [-0.15, -0.1) is 0 Å². The summed E-state index contributed by atoms with van der Waals surface area (Å²) in [4.78, 5) is 23.4. The highest BCUT2D eigenvalue weighted by molar-refractivity contribution is 9.12. The number of benzene rings is 1. The van der Waals surface area contributed by atoms with Crippen molar-refractivity contribution in [3.63, 3.8) is 0 Å². The largest absolute Gasteiger partial charge is 0.465 e. The third kappa shape index (κ3) is 2.73. The molecule has 1 aromatic carbocycles. The number of cyclic esters (lactones) is 1. The Bertz CT molecular complexity index is 573. The molecule has 1 aliphatic rings. The lowest BCUT2D eigenvalue weighted by molar-refractivity contribution is -0.160. The maximum absolute atomic E-state index is 11.8. The number of hydrogen-bond acceptors (Lipinski definition) is 5. The standard InChI is InChI=1S/C13H11Br2NO4/c1-19-12(18)13(15)10(9(14)11(17)20-13)16-7-8-5-3-2-4-6-8/h2-6,16H,7H2,1H3. The van der Waals surface area contributed by atoms with Crippen LogP contribution in [-0.2, 0) is 25.6 Å². The summed E-state index contributed by atoms with van der Waals surface area (Å²) in [5.41, 5.74) is 1.29. The number of halogens is 2. The Balaban J connectivity index is 2.22. The molecule has 7 heteroatoms. The van der Waals surface area contributed by atoms with Crippen LogP contribution in [0, 0.1) is 0 Å². The highest BCUT2D eigenvalue weighted by Crippen LogP contribution is 2.40. The average Bonchev–Trinajstić information content (AvgIpc) is 2.68. The molecule has 0 aromatic heterocycles. The van der Waals surface area contributed by atoms with Gasteiger partial charge in [0.25, 0.3) is 0 Å². The van der Waals surface area contributed by atoms with Gasteiger partial charge in [0.05, 0.1) is 7.11 Å². The van der Waals surface area contributed by atoms with E-state index < -0.39 is 16.4 Å². The van der Waals surface area contributed by atoms with E-state index in [9.17, 15) is 9.59 Å². The van der Waals surface area contributed by atoms with Crippen molar-refractivity contribution in [2.75, 3.05) is 7.11 Å². The predicted molar refractivity (Wildman–Crippen MR) is 79.0 cm³/mol. The van der Waals surface area contributed by atoms with Gasteiger partial charge in [0.2, 0.25) is 0 Å². The van der Waals surface area contributed by atoms with Crippen molar-refractivity contribution in [3.8, 4) is 0 Å². The second kappa shape index (κ2) is 5.97. The van der Waals surface area contributed by atoms with Crippen LogP contribution in [0.5, 0.6) is 0 Å². The van der Waals surface area contributed by atoms with E-state index in [2.05, 4.69) is 41.9 Å². The van der Waals surface area contributed by atoms with Crippen LogP contribution in [0.15, 0.2) is 40.5 Å². The fourth-order valence-electron chi connectivity index (χ4n) is 1.72. The van der Waals surface area contributed by atoms with Crippen LogP contribution in [0.4, 0.5) is 0 Å². The van der Waals surface area contributed by atoms with Gasteiger partial charge < -0.3 is 14.8 Å². The summed E-state index contributed by atoms with van der Waals surface area (Å²) in [6.07, 6.45) is 0. The Morgan fingerprint density at radius 1 is 1.40 bits per heavy atom. The zero-order valence-electron chi connectivity index (χ0n) is 10.5. The molecule has 1 aliphatic heterocycles. The highest BCUT2D eigenvalue weighted by atomic mass is 79.9. The van der Waals surface area contributed by atoms with Gasteiger partial charge in [-0.1, -0.05) is 30.3 Å². The third-order valence-corrected chi connectivity index (χ3v) is 4.32. The molecular formula is C13H11Br2NO4. The molecule has 0 spiro atoms. The zero-order valence-corrected chi connectivity index (χ0v) is 13.7. The number of alkyl halides is 1. The molecule has 106 valence electrons. The smallest absolute Gasteiger partial charge is 0.368 e. The number of nitrogens with one attached hydrogen (secondary N) is 1. The van der Waals surface area contributed by atoms with E-state index in [-0.39, 0.29) is 4.48 Å². The number of carbonyl (C=O) groups is 2. The van der Waals surface area contributed by atoms with Gasteiger partial charge in [-0.2, -0.15) is 0 Å². The van der Waals surface area contributed by atoms with E-state index in [1.165, 1.54) is 7.11 Å². The summed E-state index contributed by atoms with van der Waals surface area (Å²) in [6, 6.07) is 9.56. The second-order valence-electron chi connectivity index (χ2n) is 4.00. The molecular weight excluding hydrogens is 394 g/mol. The van der Waals surface area contributed by atoms with E-state index >= 15 is 0 Å². The summed E-state index contributed by atoms with van der Waals surface area (Å²) in [7, 11) is 1.22. The number of ether oxygens (including phenoxy) is 2. The molecule has 0 bridgehead atoms. The average molecular weight is 405 g/mol. The molecule has 1 unspecified atom stereocenters. The van der Waals surface area contributed by atoms with Gasteiger partial charge in [0.1, 0.15) is 10.2 Å². The molecule has 0 saturated carbocycles. The Labute approximate surface area is 132 Å². The van der Waals surface area contributed by atoms with Crippen LogP contribution in [-0.4, -0.2) is 23.6 Å². The predicted octanol–water partition coefficient (Wildman–Crippen LogP) is 2.20. The minimum Gasteiger partial charge on any atom is -0.465 e. The van der Waals surface area contributed by atoms with Gasteiger partial charge in [-0.25, -0.2) is 9.59 Å². The number of methoxy groups -OCH3 is 1. The zero-order chi connectivity index (χ0) is 14.8. The topological polar surface area (TPSA) is 64.6 Å². The fraction of sp³-hybridized carbons (Fsp3) is 0.231. The Hall–Kier alpha value is -1.34. The molecule has 1 N–H and O–H groups in total. The van der Waals surface area contributed by atoms with Crippen molar-refractivity contribution in [2.45, 2.75) is 11.1 Å². The van der Waals surface area contributed by atoms with Crippen LogP contribution in [0.1, 0.15) is 5.56 Å². The summed E-state index contributed by atoms with van der Waals surface area (Å²) in [5, 5.41) is 3.02. The summed E-state index contributed by atoms with van der Waals surface area (Å²) in [6.45, 7) is 0.437. The molecule has 1 heterocycles. The monoisotopic (exact) mass is 403 g/mol. The molecule has 0 fully saturated rings. The molecule has 0 aliphatic carbocycles. The van der Waals surface area contributed by atoms with Crippen molar-refractivity contribution in [1.29, 1.82) is 0 Å².